The maximum atomic E-state index is 11.2. The van der Waals surface area contributed by atoms with Crippen LogP contribution in [0.2, 0.25) is 0 Å². The van der Waals surface area contributed by atoms with E-state index in [0.717, 1.165) is 12.8 Å². The summed E-state index contributed by atoms with van der Waals surface area (Å²) < 4.78 is 4.90. The lowest BCUT2D eigenvalue weighted by atomic mass is 10.1. The van der Waals surface area contributed by atoms with Gasteiger partial charge in [-0.2, -0.15) is 0 Å². The molecule has 12 heavy (non-hydrogen) atoms. The summed E-state index contributed by atoms with van der Waals surface area (Å²) in [7, 11) is 0. The second kappa shape index (κ2) is 2.73. The van der Waals surface area contributed by atoms with E-state index in [-0.39, 0.29) is 23.9 Å². The van der Waals surface area contributed by atoms with Crippen LogP contribution in [0.5, 0.6) is 0 Å². The van der Waals surface area contributed by atoms with Crippen LogP contribution in [0.4, 0.5) is 0 Å². The minimum absolute atomic E-state index is 0.0219. The third kappa shape index (κ3) is 1.04. The molecule has 0 aliphatic heterocycles. The number of hydrogen-bond donors (Lipinski definition) is 1. The first-order chi connectivity index (χ1) is 5.75. The van der Waals surface area contributed by atoms with Gasteiger partial charge in [0.05, 0.1) is 18.6 Å². The van der Waals surface area contributed by atoms with Crippen molar-refractivity contribution >= 4 is 5.97 Å². The number of aliphatic hydroxyl groups is 1. The summed E-state index contributed by atoms with van der Waals surface area (Å²) in [6.45, 7) is 2.26. The number of aliphatic hydroxyl groups excluding tert-OH is 1. The van der Waals surface area contributed by atoms with Crippen molar-refractivity contribution in [2.24, 2.45) is 17.8 Å². The minimum atomic E-state index is -0.246. The predicted octanol–water partition coefficient (Wildman–Crippen LogP) is 0.566. The molecule has 0 spiro atoms. The summed E-state index contributed by atoms with van der Waals surface area (Å²) in [5.41, 5.74) is 0. The molecule has 0 heterocycles. The zero-order valence-electron chi connectivity index (χ0n) is 7.19. The number of esters is 1. The zero-order chi connectivity index (χ0) is 8.72. The molecule has 2 rings (SSSR count). The van der Waals surface area contributed by atoms with E-state index in [9.17, 15) is 9.90 Å². The maximum Gasteiger partial charge on any atom is 0.309 e. The smallest absolute Gasteiger partial charge is 0.309 e. The number of carbonyl (C=O) groups excluding carboxylic acids is 1. The van der Waals surface area contributed by atoms with Gasteiger partial charge in [-0.1, -0.05) is 0 Å². The first kappa shape index (κ1) is 8.05. The largest absolute Gasteiger partial charge is 0.466 e. The van der Waals surface area contributed by atoms with Crippen LogP contribution in [0.15, 0.2) is 0 Å². The number of hydrogen-bond acceptors (Lipinski definition) is 3. The van der Waals surface area contributed by atoms with E-state index in [4.69, 9.17) is 4.74 Å². The number of rotatable bonds is 2. The van der Waals surface area contributed by atoms with E-state index >= 15 is 0 Å². The molecule has 68 valence electrons. The fourth-order valence-corrected chi connectivity index (χ4v) is 2.42. The molecule has 2 saturated carbocycles. The topological polar surface area (TPSA) is 46.5 Å². The molecule has 2 fully saturated rings. The van der Waals surface area contributed by atoms with Crippen LogP contribution in [-0.2, 0) is 9.53 Å². The third-order valence-electron chi connectivity index (χ3n) is 3.03. The summed E-state index contributed by atoms with van der Waals surface area (Å²) >= 11 is 0. The molecule has 3 heteroatoms. The van der Waals surface area contributed by atoms with Gasteiger partial charge in [-0.25, -0.2) is 0 Å². The van der Waals surface area contributed by atoms with E-state index in [1.807, 2.05) is 6.92 Å². The van der Waals surface area contributed by atoms with Gasteiger partial charge in [0, 0.05) is 5.92 Å². The van der Waals surface area contributed by atoms with Gasteiger partial charge in [0.15, 0.2) is 0 Å². The Kier molecular flexibility index (Phi) is 1.83. The predicted molar refractivity (Wildman–Crippen MR) is 42.3 cm³/mol. The van der Waals surface area contributed by atoms with Gasteiger partial charge in [-0.05, 0) is 25.7 Å². The fourth-order valence-electron chi connectivity index (χ4n) is 2.42. The Morgan fingerprint density at radius 2 is 2.33 bits per heavy atom. The van der Waals surface area contributed by atoms with E-state index in [2.05, 4.69) is 0 Å². The van der Waals surface area contributed by atoms with Gasteiger partial charge in [0.1, 0.15) is 0 Å². The highest BCUT2D eigenvalue weighted by molar-refractivity contribution is 5.77. The maximum absolute atomic E-state index is 11.2. The van der Waals surface area contributed by atoms with Crippen molar-refractivity contribution in [1.82, 2.24) is 0 Å². The third-order valence-corrected chi connectivity index (χ3v) is 3.03. The lowest BCUT2D eigenvalue weighted by Gasteiger charge is -2.06. The second-order valence-corrected chi connectivity index (χ2v) is 3.66. The average molecular weight is 170 g/mol. The Morgan fingerprint density at radius 3 is 2.83 bits per heavy atom. The highest BCUT2D eigenvalue weighted by atomic mass is 16.5. The Bertz CT molecular complexity index is 202. The second-order valence-electron chi connectivity index (χ2n) is 3.66. The summed E-state index contributed by atoms with van der Waals surface area (Å²) in [6, 6.07) is 0. The van der Waals surface area contributed by atoms with Crippen molar-refractivity contribution in [2.45, 2.75) is 25.9 Å². The van der Waals surface area contributed by atoms with Gasteiger partial charge in [-0.3, -0.25) is 4.79 Å². The van der Waals surface area contributed by atoms with Gasteiger partial charge in [-0.15, -0.1) is 0 Å². The van der Waals surface area contributed by atoms with Crippen LogP contribution in [0, 0.1) is 17.8 Å². The van der Waals surface area contributed by atoms with Crippen LogP contribution in [0.25, 0.3) is 0 Å². The number of carbonyl (C=O) groups is 1. The molecule has 3 nitrogen and oxygen atoms in total. The lowest BCUT2D eigenvalue weighted by molar-refractivity contribution is -0.146. The van der Waals surface area contributed by atoms with Crippen molar-refractivity contribution in [1.29, 1.82) is 0 Å². The van der Waals surface area contributed by atoms with Crippen molar-refractivity contribution in [3.8, 4) is 0 Å². The molecule has 0 saturated heterocycles. The van der Waals surface area contributed by atoms with Gasteiger partial charge in [0.25, 0.3) is 0 Å². The summed E-state index contributed by atoms with van der Waals surface area (Å²) in [4.78, 5) is 11.2. The summed E-state index contributed by atoms with van der Waals surface area (Å²) in [5, 5.41) is 9.42. The molecule has 0 unspecified atom stereocenters. The molecule has 1 N–H and O–H groups in total. The van der Waals surface area contributed by atoms with Crippen LogP contribution in [0.1, 0.15) is 19.8 Å². The molecule has 0 radical (unpaired) electrons. The van der Waals surface area contributed by atoms with E-state index in [0.29, 0.717) is 12.5 Å². The van der Waals surface area contributed by atoms with Crippen molar-refractivity contribution in [2.75, 3.05) is 6.61 Å². The van der Waals surface area contributed by atoms with Crippen LogP contribution < -0.4 is 0 Å². The van der Waals surface area contributed by atoms with E-state index in [1.54, 1.807) is 0 Å². The minimum Gasteiger partial charge on any atom is -0.466 e. The van der Waals surface area contributed by atoms with Crippen LogP contribution in [-0.4, -0.2) is 23.8 Å². The van der Waals surface area contributed by atoms with E-state index < -0.39 is 0 Å². The molecular formula is C9H14O3. The molecule has 2 aliphatic carbocycles. The zero-order valence-corrected chi connectivity index (χ0v) is 7.19. The van der Waals surface area contributed by atoms with Gasteiger partial charge >= 0.3 is 5.97 Å². The number of fused-ring (bicyclic) bond motifs is 1. The fraction of sp³-hybridized carbons (Fsp3) is 0.889. The van der Waals surface area contributed by atoms with Crippen LogP contribution in [0.3, 0.4) is 0 Å². The first-order valence-corrected chi connectivity index (χ1v) is 4.60. The van der Waals surface area contributed by atoms with Crippen LogP contribution >= 0.6 is 0 Å². The Morgan fingerprint density at radius 1 is 1.58 bits per heavy atom. The lowest BCUT2D eigenvalue weighted by Crippen LogP contribution is -2.15. The molecule has 0 aromatic heterocycles. The molecular weight excluding hydrogens is 156 g/mol. The monoisotopic (exact) mass is 170 g/mol. The normalized spacial score (nSPS) is 43.8. The molecule has 0 bridgehead atoms. The Balaban J connectivity index is 1.90. The molecule has 0 aromatic rings. The highest BCUT2D eigenvalue weighted by Gasteiger charge is 2.61. The van der Waals surface area contributed by atoms with Gasteiger partial charge in [0.2, 0.25) is 0 Å². The highest BCUT2D eigenvalue weighted by Crippen LogP contribution is 2.57. The standard InChI is InChI=1S/C9H14O3/c1-2-12-9(11)8-5-3-4-6(10)7(5)8/h5-8,10H,2-4H2,1H3/t5-,6-,7-,8+/m1/s1. The first-order valence-electron chi connectivity index (χ1n) is 4.60. The van der Waals surface area contributed by atoms with Crippen molar-refractivity contribution < 1.29 is 14.6 Å². The molecule has 4 atom stereocenters. The molecule has 0 aromatic carbocycles. The molecule has 0 amide bonds. The van der Waals surface area contributed by atoms with Crippen molar-refractivity contribution in [3.63, 3.8) is 0 Å². The summed E-state index contributed by atoms with van der Waals surface area (Å²) in [5.74, 6) is 0.572. The number of ether oxygens (including phenoxy) is 1. The SMILES string of the molecule is CCOC(=O)[C@H]1[C@@H]2CC[C@@H](O)[C@@H]21. The summed E-state index contributed by atoms with van der Waals surface area (Å²) in [6.07, 6.45) is 1.62. The Hall–Kier alpha value is -0.570. The quantitative estimate of drug-likeness (QED) is 0.616. The Labute approximate surface area is 71.7 Å². The average Bonchev–Trinajstić information content (AvgIpc) is 2.65. The molecule has 2 aliphatic rings. The van der Waals surface area contributed by atoms with Gasteiger partial charge < -0.3 is 9.84 Å². The van der Waals surface area contributed by atoms with E-state index in [1.165, 1.54) is 0 Å². The van der Waals surface area contributed by atoms with Crippen molar-refractivity contribution in [3.05, 3.63) is 0 Å².